The molecule has 27 heavy (non-hydrogen) atoms. The topological polar surface area (TPSA) is 32.8 Å². The number of ether oxygens (including phenoxy) is 1. The van der Waals surface area contributed by atoms with Gasteiger partial charge in [0.25, 0.3) is 0 Å². The number of hydrogen-bond acceptors (Lipinski definition) is 3. The lowest BCUT2D eigenvalue weighted by molar-refractivity contribution is -0.136. The van der Waals surface area contributed by atoms with Gasteiger partial charge in [-0.3, -0.25) is 9.69 Å². The van der Waals surface area contributed by atoms with Crippen LogP contribution in [0.15, 0.2) is 48.5 Å². The van der Waals surface area contributed by atoms with Gasteiger partial charge >= 0.3 is 0 Å². The molecule has 2 aromatic rings. The van der Waals surface area contributed by atoms with E-state index in [-0.39, 0.29) is 17.6 Å². The summed E-state index contributed by atoms with van der Waals surface area (Å²) in [5, 5.41) is 0. The molecule has 0 spiro atoms. The van der Waals surface area contributed by atoms with Crippen LogP contribution in [0.3, 0.4) is 0 Å². The van der Waals surface area contributed by atoms with Crippen LogP contribution < -0.4 is 4.74 Å². The molecule has 0 radical (unpaired) electrons. The first-order valence-electron chi connectivity index (χ1n) is 9.40. The van der Waals surface area contributed by atoms with Gasteiger partial charge < -0.3 is 9.64 Å². The van der Waals surface area contributed by atoms with Gasteiger partial charge in [-0.2, -0.15) is 0 Å². The van der Waals surface area contributed by atoms with Crippen LogP contribution in [0.5, 0.6) is 5.75 Å². The van der Waals surface area contributed by atoms with Crippen molar-refractivity contribution in [3.05, 3.63) is 65.5 Å². The van der Waals surface area contributed by atoms with Crippen molar-refractivity contribution in [2.75, 3.05) is 27.2 Å². The number of rotatable bonds is 6. The number of methoxy groups -OCH3 is 1. The second-order valence-corrected chi connectivity index (χ2v) is 7.24. The van der Waals surface area contributed by atoms with Gasteiger partial charge in [0.05, 0.1) is 13.0 Å². The Labute approximate surface area is 160 Å². The monoisotopic (exact) mass is 370 g/mol. The zero-order valence-electron chi connectivity index (χ0n) is 16.0. The Bertz CT molecular complexity index is 746. The molecule has 4 nitrogen and oxygen atoms in total. The van der Waals surface area contributed by atoms with Gasteiger partial charge in [-0.1, -0.05) is 24.3 Å². The third kappa shape index (κ3) is 5.30. The van der Waals surface area contributed by atoms with Crippen LogP contribution in [-0.2, 0) is 17.9 Å². The van der Waals surface area contributed by atoms with E-state index in [1.807, 2.05) is 48.3 Å². The zero-order valence-corrected chi connectivity index (χ0v) is 16.0. The number of hydrogen-bond donors (Lipinski definition) is 0. The molecule has 1 atom stereocenters. The van der Waals surface area contributed by atoms with Gasteiger partial charge in [0, 0.05) is 26.7 Å². The number of carbonyl (C=O) groups excluding carboxylic acids is 1. The van der Waals surface area contributed by atoms with E-state index in [9.17, 15) is 9.18 Å². The maximum Gasteiger partial charge on any atom is 0.227 e. The summed E-state index contributed by atoms with van der Waals surface area (Å²) in [4.78, 5) is 17.0. The van der Waals surface area contributed by atoms with E-state index in [0.29, 0.717) is 6.54 Å². The highest BCUT2D eigenvalue weighted by molar-refractivity contribution is 5.79. The Morgan fingerprint density at radius 2 is 1.81 bits per heavy atom. The maximum absolute atomic E-state index is 13.1. The Morgan fingerprint density at radius 3 is 2.48 bits per heavy atom. The van der Waals surface area contributed by atoms with Crippen molar-refractivity contribution in [1.82, 2.24) is 9.80 Å². The molecule has 1 amide bonds. The molecule has 1 aliphatic rings. The van der Waals surface area contributed by atoms with Gasteiger partial charge in [-0.05, 0) is 54.8 Å². The maximum atomic E-state index is 13.1. The van der Waals surface area contributed by atoms with Gasteiger partial charge in [-0.25, -0.2) is 4.39 Å². The van der Waals surface area contributed by atoms with Crippen LogP contribution in [0, 0.1) is 11.7 Å². The molecule has 2 aromatic carbocycles. The van der Waals surface area contributed by atoms with Gasteiger partial charge in [0.1, 0.15) is 11.6 Å². The van der Waals surface area contributed by atoms with Crippen molar-refractivity contribution in [1.29, 1.82) is 0 Å². The Kier molecular flexibility index (Phi) is 6.45. The average molecular weight is 370 g/mol. The molecule has 144 valence electrons. The minimum absolute atomic E-state index is 0.0162. The van der Waals surface area contributed by atoms with E-state index in [1.54, 1.807) is 7.11 Å². The van der Waals surface area contributed by atoms with Crippen molar-refractivity contribution in [3.8, 4) is 5.75 Å². The van der Waals surface area contributed by atoms with Crippen molar-refractivity contribution >= 4 is 5.91 Å². The Morgan fingerprint density at radius 1 is 1.15 bits per heavy atom. The highest BCUT2D eigenvalue weighted by atomic mass is 19.1. The molecule has 0 unspecified atom stereocenters. The SMILES string of the molecule is COc1ccc(CN(C)C(=O)[C@H]2CCCN(Cc3ccc(F)cc3)C2)cc1. The molecular formula is C22H27FN2O2. The van der Waals surface area contributed by atoms with Crippen molar-refractivity contribution in [2.24, 2.45) is 5.92 Å². The summed E-state index contributed by atoms with van der Waals surface area (Å²) in [5.41, 5.74) is 2.17. The van der Waals surface area contributed by atoms with Crippen LogP contribution in [-0.4, -0.2) is 43.0 Å². The third-order valence-electron chi connectivity index (χ3n) is 5.13. The first-order valence-corrected chi connectivity index (χ1v) is 9.40. The first kappa shape index (κ1) is 19.4. The molecular weight excluding hydrogens is 343 g/mol. The van der Waals surface area contributed by atoms with Crippen LogP contribution in [0.25, 0.3) is 0 Å². The average Bonchev–Trinajstić information content (AvgIpc) is 2.70. The van der Waals surface area contributed by atoms with E-state index >= 15 is 0 Å². The fraction of sp³-hybridized carbons (Fsp3) is 0.409. The molecule has 5 heteroatoms. The smallest absolute Gasteiger partial charge is 0.227 e. The third-order valence-corrected chi connectivity index (χ3v) is 5.13. The van der Waals surface area contributed by atoms with E-state index in [0.717, 1.165) is 49.4 Å². The number of carbonyl (C=O) groups is 1. The van der Waals surface area contributed by atoms with Crippen LogP contribution in [0.1, 0.15) is 24.0 Å². The predicted octanol–water partition coefficient (Wildman–Crippen LogP) is 3.70. The largest absolute Gasteiger partial charge is 0.497 e. The quantitative estimate of drug-likeness (QED) is 0.777. The summed E-state index contributed by atoms with van der Waals surface area (Å²) in [7, 11) is 3.51. The second-order valence-electron chi connectivity index (χ2n) is 7.24. The normalized spacial score (nSPS) is 17.5. The summed E-state index contributed by atoms with van der Waals surface area (Å²) < 4.78 is 18.2. The molecule has 1 fully saturated rings. The van der Waals surface area contributed by atoms with Crippen LogP contribution >= 0.6 is 0 Å². The fourth-order valence-corrected chi connectivity index (χ4v) is 3.64. The zero-order chi connectivity index (χ0) is 19.2. The van der Waals surface area contributed by atoms with Crippen molar-refractivity contribution in [2.45, 2.75) is 25.9 Å². The minimum Gasteiger partial charge on any atom is -0.497 e. The molecule has 0 N–H and O–H groups in total. The summed E-state index contributed by atoms with van der Waals surface area (Å²) in [6, 6.07) is 14.4. The summed E-state index contributed by atoms with van der Waals surface area (Å²) >= 11 is 0. The standard InChI is InChI=1S/C22H27FN2O2/c1-24(14-17-7-11-21(27-2)12-8-17)22(26)19-4-3-13-25(16-19)15-18-5-9-20(23)10-6-18/h5-12,19H,3-4,13-16H2,1-2H3/t19-/m0/s1. The number of amides is 1. The van der Waals surface area contributed by atoms with Gasteiger partial charge in [0.15, 0.2) is 0 Å². The lowest BCUT2D eigenvalue weighted by Gasteiger charge is -2.34. The molecule has 0 aliphatic carbocycles. The van der Waals surface area contributed by atoms with Crippen LogP contribution in [0.2, 0.25) is 0 Å². The number of likely N-dealkylation sites (tertiary alicyclic amines) is 1. The molecule has 0 saturated carbocycles. The summed E-state index contributed by atoms with van der Waals surface area (Å²) in [5.74, 6) is 0.805. The second kappa shape index (κ2) is 9.00. The van der Waals surface area contributed by atoms with Crippen molar-refractivity contribution < 1.29 is 13.9 Å². The lowest BCUT2D eigenvalue weighted by atomic mass is 9.96. The van der Waals surface area contributed by atoms with Crippen molar-refractivity contribution in [3.63, 3.8) is 0 Å². The molecule has 1 aliphatic heterocycles. The van der Waals surface area contributed by atoms with E-state index in [1.165, 1.54) is 12.1 Å². The lowest BCUT2D eigenvalue weighted by Crippen LogP contribution is -2.43. The summed E-state index contributed by atoms with van der Waals surface area (Å²) in [6.45, 7) is 3.08. The van der Waals surface area contributed by atoms with E-state index in [4.69, 9.17) is 4.74 Å². The highest BCUT2D eigenvalue weighted by Gasteiger charge is 2.28. The Hall–Kier alpha value is -2.40. The highest BCUT2D eigenvalue weighted by Crippen LogP contribution is 2.21. The van der Waals surface area contributed by atoms with E-state index in [2.05, 4.69) is 4.90 Å². The molecule has 3 rings (SSSR count). The summed E-state index contributed by atoms with van der Waals surface area (Å²) in [6.07, 6.45) is 1.93. The van der Waals surface area contributed by atoms with Gasteiger partial charge in [-0.15, -0.1) is 0 Å². The fourth-order valence-electron chi connectivity index (χ4n) is 3.64. The number of piperidine rings is 1. The predicted molar refractivity (Wildman–Crippen MR) is 104 cm³/mol. The number of halogens is 1. The number of nitrogens with zero attached hydrogens (tertiary/aromatic N) is 2. The minimum atomic E-state index is -0.217. The number of benzene rings is 2. The van der Waals surface area contributed by atoms with E-state index < -0.39 is 0 Å². The van der Waals surface area contributed by atoms with Crippen LogP contribution in [0.4, 0.5) is 4.39 Å². The molecule has 0 bridgehead atoms. The first-order chi connectivity index (χ1) is 13.0. The Balaban J connectivity index is 1.55. The molecule has 1 saturated heterocycles. The van der Waals surface area contributed by atoms with Gasteiger partial charge in [0.2, 0.25) is 5.91 Å². The molecule has 0 aromatic heterocycles. The molecule has 1 heterocycles.